The van der Waals surface area contributed by atoms with Crippen LogP contribution in [0.4, 0.5) is 5.69 Å². The summed E-state index contributed by atoms with van der Waals surface area (Å²) in [5.41, 5.74) is -0.287. The van der Waals surface area contributed by atoms with E-state index in [1.54, 1.807) is 0 Å². The van der Waals surface area contributed by atoms with E-state index in [0.29, 0.717) is 32.3 Å². The number of benzene rings is 1. The summed E-state index contributed by atoms with van der Waals surface area (Å²) >= 11 is 0. The first-order valence-electron chi connectivity index (χ1n) is 10.7. The van der Waals surface area contributed by atoms with Crippen molar-refractivity contribution >= 4 is 24.6 Å². The average Bonchev–Trinajstić information content (AvgIpc) is 2.76. The van der Waals surface area contributed by atoms with Gasteiger partial charge in [0.1, 0.15) is 0 Å². The van der Waals surface area contributed by atoms with E-state index in [9.17, 15) is 18.5 Å². The van der Waals surface area contributed by atoms with Crippen molar-refractivity contribution in [2.45, 2.75) is 46.3 Å². The molecule has 0 aromatic heterocycles. The third kappa shape index (κ3) is 9.61. The number of nitrogens with zero attached hydrogens (tertiary/aromatic N) is 1. The summed E-state index contributed by atoms with van der Waals surface area (Å²) in [7, 11) is -5.58. The monoisotopic (exact) mass is 775 g/mol. The van der Waals surface area contributed by atoms with Crippen molar-refractivity contribution in [2.75, 3.05) is 39.3 Å². The fourth-order valence-corrected chi connectivity index (χ4v) is 6.80. The van der Waals surface area contributed by atoms with E-state index in [-0.39, 0.29) is 41.5 Å². The molecule has 0 bridgehead atoms. The fraction of sp³-hybridized carbons (Fsp3) is 0.650. The van der Waals surface area contributed by atoms with Crippen molar-refractivity contribution in [3.05, 3.63) is 34.7 Å². The predicted octanol–water partition coefficient (Wildman–Crippen LogP) is 3.49. The summed E-state index contributed by atoms with van der Waals surface area (Å²) in [6, 6.07) is 2.83. The second kappa shape index (κ2) is 15.2. The molecule has 192 valence electrons. The first-order valence-corrected chi connectivity index (χ1v) is 14.2. The molecule has 0 unspecified atom stereocenters. The van der Waals surface area contributed by atoms with Gasteiger partial charge in [-0.25, -0.2) is 0 Å². The van der Waals surface area contributed by atoms with Crippen LogP contribution in [0.1, 0.15) is 39.2 Å². The van der Waals surface area contributed by atoms with Gasteiger partial charge in [0, 0.05) is 25.9 Å². The van der Waals surface area contributed by atoms with E-state index in [2.05, 4.69) is 6.92 Å². The molecular formula is C20H34NO10RfSSi-. The van der Waals surface area contributed by atoms with Crippen LogP contribution in [-0.4, -0.2) is 61.4 Å². The average molecular weight is 776 g/mol. The van der Waals surface area contributed by atoms with E-state index in [4.69, 9.17) is 26.9 Å². The summed E-state index contributed by atoms with van der Waals surface area (Å²) < 4.78 is 57.8. The van der Waals surface area contributed by atoms with Gasteiger partial charge in [-0.1, -0.05) is 0 Å². The van der Waals surface area contributed by atoms with Crippen LogP contribution >= 0.6 is 0 Å². The third-order valence-electron chi connectivity index (χ3n) is 4.33. The molecule has 0 saturated heterocycles. The van der Waals surface area contributed by atoms with Gasteiger partial charge in [0.25, 0.3) is 15.8 Å². The van der Waals surface area contributed by atoms with Gasteiger partial charge in [0.2, 0.25) is 0 Å². The van der Waals surface area contributed by atoms with Crippen molar-refractivity contribution in [3.63, 3.8) is 0 Å². The first kappa shape index (κ1) is 31.2. The molecule has 0 atom stereocenters. The van der Waals surface area contributed by atoms with E-state index < -0.39 is 30.5 Å². The van der Waals surface area contributed by atoms with E-state index in [1.807, 2.05) is 20.8 Å². The van der Waals surface area contributed by atoms with Crippen LogP contribution < -0.4 is 9.47 Å². The Kier molecular flexibility index (Phi) is 14.0. The van der Waals surface area contributed by atoms with Crippen LogP contribution in [0.25, 0.3) is 0 Å². The van der Waals surface area contributed by atoms with Crippen LogP contribution in [-0.2, 0) is 34.2 Å². The van der Waals surface area contributed by atoms with Crippen molar-refractivity contribution in [1.82, 2.24) is 0 Å². The minimum Gasteiger partial charge on any atom is -0.493 e. The predicted molar refractivity (Wildman–Crippen MR) is 124 cm³/mol. The maximum atomic E-state index is 12.4. The molecule has 0 radical (unpaired) electrons. The molecule has 0 N–H and O–H groups in total. The molecule has 1 aromatic carbocycles. The van der Waals surface area contributed by atoms with Gasteiger partial charge < -0.3 is 29.7 Å². The van der Waals surface area contributed by atoms with Gasteiger partial charge >= 0.3 is 8.80 Å². The van der Waals surface area contributed by atoms with Crippen molar-refractivity contribution in [2.24, 2.45) is 0 Å². The summed E-state index contributed by atoms with van der Waals surface area (Å²) in [6.45, 7) is 9.98. The summed E-state index contributed by atoms with van der Waals surface area (Å²) in [4.78, 5) is 10.9. The zero-order chi connectivity index (χ0) is 24.9. The Labute approximate surface area is 196 Å². The molecule has 0 aliphatic heterocycles. The zero-order valence-electron chi connectivity index (χ0n) is 20.4. The molecule has 0 spiro atoms. The molecule has 0 aliphatic carbocycles. The molecule has 11 nitrogen and oxygen atoms in total. The Morgan fingerprint density at radius 1 is 1.06 bits per heavy atom. The number of hydrogen-bond acceptors (Lipinski definition) is 10. The van der Waals surface area contributed by atoms with Gasteiger partial charge in [0.05, 0.1) is 42.6 Å². The van der Waals surface area contributed by atoms with Crippen LogP contribution in [0, 0.1) is 17.0 Å². The molecule has 1 aromatic rings. The van der Waals surface area contributed by atoms with Gasteiger partial charge in [-0.05, 0) is 33.3 Å². The Morgan fingerprint density at radius 3 is 2.12 bits per heavy atom. The molecular weight excluding hydrogens is 741 g/mol. The maximum absolute atomic E-state index is 12.4. The van der Waals surface area contributed by atoms with E-state index in [1.165, 1.54) is 19.2 Å². The quantitative estimate of drug-likeness (QED) is 0.0718. The minimum atomic E-state index is -3.98. The van der Waals surface area contributed by atoms with E-state index in [0.717, 1.165) is 0 Å². The minimum absolute atomic E-state index is 0. The second-order valence-corrected chi connectivity index (χ2v) is 11.2. The first-order chi connectivity index (χ1) is 15.7. The molecule has 0 fully saturated rings. The largest absolute Gasteiger partial charge is 0.500 e. The van der Waals surface area contributed by atoms with Crippen molar-refractivity contribution in [3.8, 4) is 11.5 Å². The normalized spacial score (nSPS) is 11.7. The number of rotatable bonds is 18. The number of hydrogen-bond donors (Lipinski definition) is 0. The Balaban J connectivity index is 0.0000109. The SMILES string of the molecule is [CH2-]CCOc1cc([N+](=O)[O-])c(COS(=O)(=O)CCC[Si](OCC)(OCC)OCC)cc1OC.[Rf]. The Bertz CT molecular complexity index is 839. The summed E-state index contributed by atoms with van der Waals surface area (Å²) in [5.74, 6) is 0.0828. The Morgan fingerprint density at radius 2 is 1.65 bits per heavy atom. The van der Waals surface area contributed by atoms with Crippen LogP contribution in [0.3, 0.4) is 0 Å². The number of nitro groups is 1. The van der Waals surface area contributed by atoms with Crippen LogP contribution in [0.5, 0.6) is 11.5 Å². The number of ether oxygens (including phenoxy) is 2. The van der Waals surface area contributed by atoms with Crippen LogP contribution in [0.15, 0.2) is 12.1 Å². The van der Waals surface area contributed by atoms with Gasteiger partial charge in [-0.2, -0.15) is 8.42 Å². The molecule has 14 heteroatoms. The number of methoxy groups -OCH3 is 1. The molecule has 0 saturated carbocycles. The maximum Gasteiger partial charge on any atom is 0.500 e. The molecule has 0 amide bonds. The molecule has 0 aliphatic rings. The molecule has 34 heavy (non-hydrogen) atoms. The fourth-order valence-electron chi connectivity index (χ4n) is 3.01. The van der Waals surface area contributed by atoms with Gasteiger partial charge in [0.15, 0.2) is 11.5 Å². The van der Waals surface area contributed by atoms with Crippen molar-refractivity contribution < 1.29 is 40.3 Å². The molecule has 1 rings (SSSR count). The zero-order valence-corrected chi connectivity index (χ0v) is 28.6. The molecule has 0 heterocycles. The van der Waals surface area contributed by atoms with Gasteiger partial charge in [-0.15, -0.1) is 6.42 Å². The third-order valence-corrected chi connectivity index (χ3v) is 8.74. The smallest absolute Gasteiger partial charge is 0.493 e. The van der Waals surface area contributed by atoms with Gasteiger partial charge in [-0.3, -0.25) is 14.3 Å². The summed E-state index contributed by atoms with van der Waals surface area (Å²) in [5, 5.41) is 11.5. The topological polar surface area (TPSA) is 133 Å². The Hall–Kier alpha value is -2.77. The number of nitro benzene ring substituents is 1. The van der Waals surface area contributed by atoms with Crippen LogP contribution in [0.2, 0.25) is 6.04 Å². The van der Waals surface area contributed by atoms with Crippen molar-refractivity contribution in [1.29, 1.82) is 0 Å². The van der Waals surface area contributed by atoms with E-state index >= 15 is 0 Å². The summed E-state index contributed by atoms with van der Waals surface area (Å²) in [6.07, 6.45) is 0.651. The standard InChI is InChI=1S/C20H34NO10SSi.Rf/c1-6-11-27-20-15-18(21(22)23)17(14-19(20)26-5)16-28-32(24,25)12-10-13-33(29-7-2,30-8-3)31-9-4;/h14-15H,1,6-13,16H2,2-5H3;/q-1;. The second-order valence-electron chi connectivity index (χ2n) is 6.70.